The molecule has 0 aromatic heterocycles. The van der Waals surface area contributed by atoms with Crippen LogP contribution in [0.5, 0.6) is 5.75 Å². The molecular formula is C12H16N2O6S. The molecule has 21 heavy (non-hydrogen) atoms. The van der Waals surface area contributed by atoms with Gasteiger partial charge < -0.3 is 9.84 Å². The van der Waals surface area contributed by atoms with Gasteiger partial charge in [-0.05, 0) is 26.0 Å². The molecule has 2 atom stereocenters. The van der Waals surface area contributed by atoms with Crippen LogP contribution in [0.4, 0.5) is 5.69 Å². The van der Waals surface area contributed by atoms with Crippen molar-refractivity contribution in [3.05, 3.63) is 28.3 Å². The summed E-state index contributed by atoms with van der Waals surface area (Å²) in [4.78, 5) is 9.76. The summed E-state index contributed by atoms with van der Waals surface area (Å²) < 4.78 is 31.8. The molecule has 0 bridgehead atoms. The van der Waals surface area contributed by atoms with Crippen LogP contribution in [-0.4, -0.2) is 48.1 Å². The molecule has 116 valence electrons. The van der Waals surface area contributed by atoms with E-state index in [0.29, 0.717) is 0 Å². The van der Waals surface area contributed by atoms with Gasteiger partial charge in [0.25, 0.3) is 0 Å². The Morgan fingerprint density at radius 2 is 1.90 bits per heavy atom. The summed E-state index contributed by atoms with van der Waals surface area (Å²) in [6.45, 7) is 3.89. The summed E-state index contributed by atoms with van der Waals surface area (Å²) in [7, 11) is -3.86. The highest BCUT2D eigenvalue weighted by atomic mass is 32.2. The lowest BCUT2D eigenvalue weighted by Gasteiger charge is -2.34. The average molecular weight is 316 g/mol. The topological polar surface area (TPSA) is 110 Å². The first-order valence-electron chi connectivity index (χ1n) is 6.35. The number of benzene rings is 1. The van der Waals surface area contributed by atoms with E-state index in [1.807, 2.05) is 0 Å². The molecule has 1 aromatic carbocycles. The Kier molecular flexibility index (Phi) is 4.17. The van der Waals surface area contributed by atoms with Gasteiger partial charge in [-0.25, -0.2) is 8.42 Å². The van der Waals surface area contributed by atoms with Crippen molar-refractivity contribution < 1.29 is 23.2 Å². The van der Waals surface area contributed by atoms with E-state index in [0.717, 1.165) is 18.2 Å². The third-order valence-corrected chi connectivity index (χ3v) is 5.00. The molecule has 0 amide bonds. The van der Waals surface area contributed by atoms with Crippen LogP contribution in [0.2, 0.25) is 0 Å². The number of morpholine rings is 1. The lowest BCUT2D eigenvalue weighted by Crippen LogP contribution is -2.48. The highest BCUT2D eigenvalue weighted by Crippen LogP contribution is 2.30. The molecule has 2 rings (SSSR count). The van der Waals surface area contributed by atoms with Crippen molar-refractivity contribution >= 4 is 15.7 Å². The largest absolute Gasteiger partial charge is 0.502 e. The lowest BCUT2D eigenvalue weighted by molar-refractivity contribution is -0.386. The fourth-order valence-electron chi connectivity index (χ4n) is 2.29. The van der Waals surface area contributed by atoms with E-state index in [4.69, 9.17) is 4.74 Å². The van der Waals surface area contributed by atoms with Crippen molar-refractivity contribution in [2.45, 2.75) is 31.0 Å². The summed E-state index contributed by atoms with van der Waals surface area (Å²) in [6.07, 6.45) is -0.508. The third kappa shape index (κ3) is 3.14. The van der Waals surface area contributed by atoms with Gasteiger partial charge in [-0.1, -0.05) is 0 Å². The average Bonchev–Trinajstić information content (AvgIpc) is 2.37. The van der Waals surface area contributed by atoms with E-state index in [1.54, 1.807) is 13.8 Å². The summed E-state index contributed by atoms with van der Waals surface area (Å²) in [6, 6.07) is 3.04. The van der Waals surface area contributed by atoms with Gasteiger partial charge in [0.05, 0.1) is 22.0 Å². The molecule has 0 saturated carbocycles. The highest BCUT2D eigenvalue weighted by Gasteiger charge is 2.33. The summed E-state index contributed by atoms with van der Waals surface area (Å²) in [5, 5.41) is 20.2. The summed E-state index contributed by atoms with van der Waals surface area (Å²) in [5.41, 5.74) is -0.634. The Bertz CT molecular complexity index is 650. The van der Waals surface area contributed by atoms with Gasteiger partial charge in [-0.15, -0.1) is 0 Å². The number of ether oxygens (including phenoxy) is 1. The maximum absolute atomic E-state index is 12.5. The zero-order chi connectivity index (χ0) is 15.8. The Morgan fingerprint density at radius 3 is 2.43 bits per heavy atom. The summed E-state index contributed by atoms with van der Waals surface area (Å²) in [5.74, 6) is -0.567. The van der Waals surface area contributed by atoms with Gasteiger partial charge >= 0.3 is 5.69 Å². The number of phenolic OH excluding ortho intramolecular Hbond substituents is 1. The Morgan fingerprint density at radius 1 is 1.33 bits per heavy atom. The van der Waals surface area contributed by atoms with Crippen LogP contribution in [0.3, 0.4) is 0 Å². The summed E-state index contributed by atoms with van der Waals surface area (Å²) >= 11 is 0. The molecule has 8 nitrogen and oxygen atoms in total. The fraction of sp³-hybridized carbons (Fsp3) is 0.500. The molecule has 1 fully saturated rings. The smallest absolute Gasteiger partial charge is 0.312 e. The zero-order valence-electron chi connectivity index (χ0n) is 11.6. The van der Waals surface area contributed by atoms with Crippen LogP contribution in [0.25, 0.3) is 0 Å². The number of nitrogens with zero attached hydrogens (tertiary/aromatic N) is 2. The molecule has 0 spiro atoms. The zero-order valence-corrected chi connectivity index (χ0v) is 12.4. The highest BCUT2D eigenvalue weighted by molar-refractivity contribution is 7.89. The van der Waals surface area contributed by atoms with Gasteiger partial charge in [0.15, 0.2) is 5.75 Å². The standard InChI is InChI=1S/C12H16N2O6S/c1-8-6-13(7-9(2)20-8)21(18,19)10-3-4-12(15)11(5-10)14(16)17/h3-5,8-9,15H,6-7H2,1-2H3. The molecule has 1 aliphatic rings. The van der Waals surface area contributed by atoms with Crippen LogP contribution in [0.15, 0.2) is 23.1 Å². The van der Waals surface area contributed by atoms with E-state index < -0.39 is 26.4 Å². The SMILES string of the molecule is CC1CN(S(=O)(=O)c2ccc(O)c([N+](=O)[O-])c2)CC(C)O1. The minimum Gasteiger partial charge on any atom is -0.502 e. The van der Waals surface area contributed by atoms with Crippen molar-refractivity contribution in [3.63, 3.8) is 0 Å². The van der Waals surface area contributed by atoms with Gasteiger partial charge in [-0.3, -0.25) is 10.1 Å². The third-order valence-electron chi connectivity index (χ3n) is 3.17. The quantitative estimate of drug-likeness (QED) is 0.660. The number of nitro groups is 1. The molecule has 0 aliphatic carbocycles. The van der Waals surface area contributed by atoms with E-state index in [9.17, 15) is 23.6 Å². The van der Waals surface area contributed by atoms with Gasteiger partial charge in [0.1, 0.15) is 0 Å². The Balaban J connectivity index is 2.40. The lowest BCUT2D eigenvalue weighted by atomic mass is 10.3. The second kappa shape index (κ2) is 5.58. The number of phenols is 1. The van der Waals surface area contributed by atoms with Crippen molar-refractivity contribution in [3.8, 4) is 5.75 Å². The molecule has 1 N–H and O–H groups in total. The number of hydrogen-bond acceptors (Lipinski definition) is 6. The first kappa shape index (κ1) is 15.7. The van der Waals surface area contributed by atoms with E-state index in [-0.39, 0.29) is 30.2 Å². The predicted molar refractivity (Wildman–Crippen MR) is 73.5 cm³/mol. The van der Waals surface area contributed by atoms with Gasteiger partial charge in [-0.2, -0.15) is 4.31 Å². The van der Waals surface area contributed by atoms with Crippen LogP contribution in [-0.2, 0) is 14.8 Å². The van der Waals surface area contributed by atoms with E-state index in [2.05, 4.69) is 0 Å². The Labute approximate surface area is 122 Å². The first-order valence-corrected chi connectivity index (χ1v) is 7.79. The van der Waals surface area contributed by atoms with Crippen LogP contribution in [0.1, 0.15) is 13.8 Å². The van der Waals surface area contributed by atoms with Crippen molar-refractivity contribution in [1.82, 2.24) is 4.31 Å². The van der Waals surface area contributed by atoms with Crippen LogP contribution >= 0.6 is 0 Å². The predicted octanol–water partition coefficient (Wildman–Crippen LogP) is 1.10. The Hall–Kier alpha value is -1.71. The fourth-order valence-corrected chi connectivity index (χ4v) is 3.90. The molecule has 2 unspecified atom stereocenters. The molecule has 1 heterocycles. The molecular weight excluding hydrogens is 300 g/mol. The second-order valence-corrected chi connectivity index (χ2v) is 6.92. The molecule has 1 aliphatic heterocycles. The molecule has 9 heteroatoms. The van der Waals surface area contributed by atoms with Gasteiger partial charge in [0, 0.05) is 19.2 Å². The van der Waals surface area contributed by atoms with Crippen LogP contribution < -0.4 is 0 Å². The maximum atomic E-state index is 12.5. The maximum Gasteiger partial charge on any atom is 0.312 e. The molecule has 1 aromatic rings. The van der Waals surface area contributed by atoms with Gasteiger partial charge in [0.2, 0.25) is 10.0 Å². The van der Waals surface area contributed by atoms with E-state index >= 15 is 0 Å². The van der Waals surface area contributed by atoms with E-state index in [1.165, 1.54) is 4.31 Å². The van der Waals surface area contributed by atoms with Crippen LogP contribution in [0, 0.1) is 10.1 Å². The van der Waals surface area contributed by atoms with Crippen molar-refractivity contribution in [2.24, 2.45) is 0 Å². The number of sulfonamides is 1. The minimum absolute atomic E-state index is 0.182. The molecule has 0 radical (unpaired) electrons. The minimum atomic E-state index is -3.86. The van der Waals surface area contributed by atoms with Crippen molar-refractivity contribution in [2.75, 3.05) is 13.1 Å². The number of hydrogen-bond donors (Lipinski definition) is 1. The number of nitro benzene ring substituents is 1. The molecule has 1 saturated heterocycles. The second-order valence-electron chi connectivity index (χ2n) is 4.99. The number of aromatic hydroxyl groups is 1. The normalized spacial score (nSPS) is 23.9. The number of rotatable bonds is 3. The monoisotopic (exact) mass is 316 g/mol. The first-order chi connectivity index (χ1) is 9.71. The van der Waals surface area contributed by atoms with Crippen molar-refractivity contribution in [1.29, 1.82) is 0 Å².